The lowest BCUT2D eigenvalue weighted by molar-refractivity contribution is 0.297. The number of hydrogen-bond donors (Lipinski definition) is 0. The van der Waals surface area contributed by atoms with E-state index in [9.17, 15) is 0 Å². The molecule has 0 saturated heterocycles. The summed E-state index contributed by atoms with van der Waals surface area (Å²) in [6.45, 7) is 4.18. The Balaban J connectivity index is 1.77. The second-order valence-electron chi connectivity index (χ2n) is 5.95. The Morgan fingerprint density at radius 3 is 2.21 bits per heavy atom. The highest BCUT2D eigenvalue weighted by Crippen LogP contribution is 2.45. The third-order valence-corrected chi connectivity index (χ3v) is 4.01. The highest BCUT2D eigenvalue weighted by atomic mass is 15.1. The lowest BCUT2D eigenvalue weighted by Gasteiger charge is -2.19. The molecule has 0 aliphatic heterocycles. The molecule has 0 aromatic heterocycles. The fourth-order valence-electron chi connectivity index (χ4n) is 2.53. The van der Waals surface area contributed by atoms with Gasteiger partial charge in [0.05, 0.1) is 11.5 Å². The number of nitriles is 1. The molecule has 1 aliphatic rings. The van der Waals surface area contributed by atoms with Gasteiger partial charge in [-0.05, 0) is 43.9 Å². The van der Waals surface area contributed by atoms with Crippen molar-refractivity contribution in [3.05, 3.63) is 35.4 Å². The Hall–Kier alpha value is -1.33. The summed E-state index contributed by atoms with van der Waals surface area (Å²) >= 11 is 0. The maximum absolute atomic E-state index is 9.10. The summed E-state index contributed by atoms with van der Waals surface area (Å²) in [5, 5.41) is 9.10. The molecule has 0 unspecified atom stereocenters. The van der Waals surface area contributed by atoms with Gasteiger partial charge in [0.2, 0.25) is 0 Å². The minimum absolute atomic E-state index is 0.0142. The Morgan fingerprint density at radius 1 is 1.16 bits per heavy atom. The van der Waals surface area contributed by atoms with Crippen molar-refractivity contribution in [3.8, 4) is 6.07 Å². The monoisotopic (exact) mass is 256 g/mol. The first-order valence-electron chi connectivity index (χ1n) is 7.35. The van der Waals surface area contributed by atoms with Gasteiger partial charge in [0, 0.05) is 13.1 Å². The van der Waals surface area contributed by atoms with Crippen LogP contribution in [0.2, 0.25) is 0 Å². The lowest BCUT2D eigenvalue weighted by Crippen LogP contribution is -2.28. The molecule has 1 fully saturated rings. The van der Waals surface area contributed by atoms with Crippen LogP contribution in [0, 0.1) is 16.7 Å². The van der Waals surface area contributed by atoms with Crippen molar-refractivity contribution < 1.29 is 0 Å². The maximum Gasteiger partial charge on any atom is 0.0703 e. The van der Waals surface area contributed by atoms with Crippen LogP contribution >= 0.6 is 0 Å². The Kier molecular flexibility index (Phi) is 4.61. The molecule has 0 spiro atoms. The van der Waals surface area contributed by atoms with Crippen LogP contribution in [0.1, 0.15) is 37.3 Å². The quantitative estimate of drug-likeness (QED) is 0.747. The number of benzene rings is 1. The molecule has 0 N–H and O–H groups in total. The van der Waals surface area contributed by atoms with Gasteiger partial charge in [-0.1, -0.05) is 37.6 Å². The van der Waals surface area contributed by atoms with Crippen LogP contribution in [-0.2, 0) is 12.8 Å². The van der Waals surface area contributed by atoms with Gasteiger partial charge in [0.15, 0.2) is 0 Å². The molecule has 1 aromatic carbocycles. The number of likely N-dealkylation sites (N-methyl/N-ethyl adjacent to an activating group) is 1. The van der Waals surface area contributed by atoms with Crippen LogP contribution in [0.5, 0.6) is 0 Å². The van der Waals surface area contributed by atoms with E-state index in [4.69, 9.17) is 5.26 Å². The van der Waals surface area contributed by atoms with E-state index < -0.39 is 0 Å². The van der Waals surface area contributed by atoms with Crippen molar-refractivity contribution in [3.63, 3.8) is 0 Å². The van der Waals surface area contributed by atoms with Gasteiger partial charge in [-0.15, -0.1) is 0 Å². The molecule has 1 aliphatic carbocycles. The van der Waals surface area contributed by atoms with E-state index in [2.05, 4.69) is 49.2 Å². The second-order valence-corrected chi connectivity index (χ2v) is 5.95. The van der Waals surface area contributed by atoms with E-state index in [0.717, 1.165) is 32.4 Å². The van der Waals surface area contributed by atoms with Crippen molar-refractivity contribution >= 4 is 0 Å². The van der Waals surface area contributed by atoms with Gasteiger partial charge in [-0.25, -0.2) is 0 Å². The Morgan fingerprint density at radius 2 is 1.74 bits per heavy atom. The summed E-state index contributed by atoms with van der Waals surface area (Å²) in [5.74, 6) is 0. The van der Waals surface area contributed by atoms with Crippen molar-refractivity contribution in [1.82, 2.24) is 4.90 Å². The first-order valence-corrected chi connectivity index (χ1v) is 7.35. The van der Waals surface area contributed by atoms with Gasteiger partial charge in [0.1, 0.15) is 0 Å². The Bertz CT molecular complexity index is 437. The van der Waals surface area contributed by atoms with Gasteiger partial charge < -0.3 is 4.90 Å². The molecule has 0 radical (unpaired) electrons. The van der Waals surface area contributed by atoms with Crippen molar-refractivity contribution in [2.45, 2.75) is 39.0 Å². The summed E-state index contributed by atoms with van der Waals surface area (Å²) in [4.78, 5) is 2.30. The second kappa shape index (κ2) is 6.21. The SMILES string of the molecule is CCCc1ccc(CCN(C)CC2(C#N)CC2)cc1. The third kappa shape index (κ3) is 4.08. The average molecular weight is 256 g/mol. The zero-order valence-corrected chi connectivity index (χ0v) is 12.2. The summed E-state index contributed by atoms with van der Waals surface area (Å²) < 4.78 is 0. The summed E-state index contributed by atoms with van der Waals surface area (Å²) in [7, 11) is 2.13. The fourth-order valence-corrected chi connectivity index (χ4v) is 2.53. The van der Waals surface area contributed by atoms with Gasteiger partial charge in [0.25, 0.3) is 0 Å². The van der Waals surface area contributed by atoms with Crippen LogP contribution in [-0.4, -0.2) is 25.0 Å². The number of rotatable bonds is 7. The van der Waals surface area contributed by atoms with E-state index in [0.29, 0.717) is 0 Å². The third-order valence-electron chi connectivity index (χ3n) is 4.01. The lowest BCUT2D eigenvalue weighted by atomic mass is 10.1. The van der Waals surface area contributed by atoms with Crippen LogP contribution in [0.25, 0.3) is 0 Å². The molecule has 102 valence electrons. The van der Waals surface area contributed by atoms with Crippen LogP contribution in [0.4, 0.5) is 0 Å². The van der Waals surface area contributed by atoms with Gasteiger partial charge in [-0.2, -0.15) is 5.26 Å². The van der Waals surface area contributed by atoms with E-state index in [1.165, 1.54) is 24.0 Å². The number of aryl methyl sites for hydroxylation is 1. The van der Waals surface area contributed by atoms with Crippen LogP contribution in [0.3, 0.4) is 0 Å². The minimum Gasteiger partial charge on any atom is -0.304 e. The molecular weight excluding hydrogens is 232 g/mol. The summed E-state index contributed by atoms with van der Waals surface area (Å²) in [6.07, 6.45) is 5.62. The standard InChI is InChI=1S/C17H24N2/c1-3-4-15-5-7-16(8-6-15)9-12-19(2)14-17(13-18)10-11-17/h5-8H,3-4,9-12,14H2,1-2H3. The number of nitrogens with zero attached hydrogens (tertiary/aromatic N) is 2. The van der Waals surface area contributed by atoms with Crippen LogP contribution in [0.15, 0.2) is 24.3 Å². The van der Waals surface area contributed by atoms with E-state index in [1.807, 2.05) is 0 Å². The topological polar surface area (TPSA) is 27.0 Å². The molecule has 0 heterocycles. The van der Waals surface area contributed by atoms with Crippen molar-refractivity contribution in [2.24, 2.45) is 5.41 Å². The zero-order chi connectivity index (χ0) is 13.7. The van der Waals surface area contributed by atoms with E-state index >= 15 is 0 Å². The molecule has 19 heavy (non-hydrogen) atoms. The maximum atomic E-state index is 9.10. The highest BCUT2D eigenvalue weighted by molar-refractivity contribution is 5.23. The van der Waals surface area contributed by atoms with E-state index in [1.54, 1.807) is 0 Å². The molecule has 0 bridgehead atoms. The molecular formula is C17H24N2. The van der Waals surface area contributed by atoms with Crippen LogP contribution < -0.4 is 0 Å². The smallest absolute Gasteiger partial charge is 0.0703 e. The average Bonchev–Trinajstić information content (AvgIpc) is 3.19. The van der Waals surface area contributed by atoms with Crippen molar-refractivity contribution in [1.29, 1.82) is 5.26 Å². The highest BCUT2D eigenvalue weighted by Gasteiger charge is 2.43. The minimum atomic E-state index is -0.0142. The first kappa shape index (κ1) is 14.1. The molecule has 1 aromatic rings. The molecule has 0 atom stereocenters. The summed E-state index contributed by atoms with van der Waals surface area (Å²) in [5.41, 5.74) is 2.81. The Labute approximate surface area is 117 Å². The predicted molar refractivity (Wildman–Crippen MR) is 78.9 cm³/mol. The molecule has 2 heteroatoms. The zero-order valence-electron chi connectivity index (χ0n) is 12.2. The normalized spacial score (nSPS) is 16.3. The first-order chi connectivity index (χ1) is 9.17. The summed E-state index contributed by atoms with van der Waals surface area (Å²) in [6, 6.07) is 11.4. The van der Waals surface area contributed by atoms with Gasteiger partial charge >= 0.3 is 0 Å². The molecule has 0 amide bonds. The molecule has 2 rings (SSSR count). The molecule has 2 nitrogen and oxygen atoms in total. The van der Waals surface area contributed by atoms with Gasteiger partial charge in [-0.3, -0.25) is 0 Å². The predicted octanol–water partition coefficient (Wildman–Crippen LogP) is 3.42. The van der Waals surface area contributed by atoms with E-state index in [-0.39, 0.29) is 5.41 Å². The van der Waals surface area contributed by atoms with Crippen molar-refractivity contribution in [2.75, 3.05) is 20.1 Å². The number of hydrogen-bond acceptors (Lipinski definition) is 2. The molecule has 1 saturated carbocycles. The fraction of sp³-hybridized carbons (Fsp3) is 0.588. The largest absolute Gasteiger partial charge is 0.304 e.